The molecular weight excluding hydrogens is 495 g/mol. The van der Waals surface area contributed by atoms with E-state index < -0.39 is 47.6 Å². The second-order valence-electron chi connectivity index (χ2n) is 11.0. The van der Waals surface area contributed by atoms with Gasteiger partial charge in [0.25, 0.3) is 0 Å². The molecule has 3 atom stereocenters. The standard InChI is InChI=1S/C29H34F3N3O3/c1-16(2)13-23-26(36)34-24(20-14-18-9-5-6-10-19(18)15-20)28(38)35(23)25(27(37)33-17(3)4)21-11-7-8-12-22(21)29(30,31)32/h5-12,16-17,20,23-25H,13-15H2,1-4H3,(H,33,37)(H,34,36)/t23-,24-,25-/m1/s1. The lowest BCUT2D eigenvalue weighted by molar-refractivity contribution is -0.159. The summed E-state index contributed by atoms with van der Waals surface area (Å²) in [7, 11) is 0. The molecule has 0 radical (unpaired) electrons. The highest BCUT2D eigenvalue weighted by molar-refractivity contribution is 6.00. The highest BCUT2D eigenvalue weighted by Gasteiger charge is 2.51. The van der Waals surface area contributed by atoms with E-state index in [1.807, 2.05) is 38.1 Å². The Bertz CT molecular complexity index is 1190. The minimum Gasteiger partial charge on any atom is -0.352 e. The fourth-order valence-corrected chi connectivity index (χ4v) is 5.65. The minimum absolute atomic E-state index is 0.0556. The molecule has 2 aromatic rings. The zero-order valence-electron chi connectivity index (χ0n) is 22.0. The Hall–Kier alpha value is -3.36. The summed E-state index contributed by atoms with van der Waals surface area (Å²) in [5.74, 6) is -2.06. The first-order chi connectivity index (χ1) is 17.9. The molecule has 0 saturated carbocycles. The number of carbonyl (C=O) groups is 3. The summed E-state index contributed by atoms with van der Waals surface area (Å²) < 4.78 is 42.4. The summed E-state index contributed by atoms with van der Waals surface area (Å²) in [5, 5.41) is 5.57. The maximum absolute atomic E-state index is 14.2. The molecule has 0 unspecified atom stereocenters. The van der Waals surface area contributed by atoms with Gasteiger partial charge in [-0.15, -0.1) is 0 Å². The number of alkyl halides is 3. The number of halogens is 3. The molecule has 38 heavy (non-hydrogen) atoms. The van der Waals surface area contributed by atoms with Crippen LogP contribution in [0.2, 0.25) is 0 Å². The van der Waals surface area contributed by atoms with Crippen molar-refractivity contribution in [1.82, 2.24) is 15.5 Å². The van der Waals surface area contributed by atoms with Crippen LogP contribution < -0.4 is 10.6 Å². The van der Waals surface area contributed by atoms with E-state index in [4.69, 9.17) is 0 Å². The van der Waals surface area contributed by atoms with Crippen LogP contribution in [0.4, 0.5) is 13.2 Å². The van der Waals surface area contributed by atoms with Gasteiger partial charge in [0.1, 0.15) is 18.1 Å². The van der Waals surface area contributed by atoms with E-state index in [1.54, 1.807) is 13.8 Å². The number of hydrogen-bond acceptors (Lipinski definition) is 3. The summed E-state index contributed by atoms with van der Waals surface area (Å²) >= 11 is 0. The normalized spacial score (nSPS) is 21.0. The van der Waals surface area contributed by atoms with E-state index >= 15 is 0 Å². The molecule has 2 aromatic carbocycles. The van der Waals surface area contributed by atoms with Crippen molar-refractivity contribution >= 4 is 17.7 Å². The van der Waals surface area contributed by atoms with E-state index in [1.165, 1.54) is 18.2 Å². The summed E-state index contributed by atoms with van der Waals surface area (Å²) in [6.45, 7) is 7.12. The van der Waals surface area contributed by atoms with Gasteiger partial charge in [0.05, 0.1) is 5.56 Å². The Morgan fingerprint density at radius 2 is 1.58 bits per heavy atom. The lowest BCUT2D eigenvalue weighted by Crippen LogP contribution is -2.67. The van der Waals surface area contributed by atoms with E-state index in [2.05, 4.69) is 10.6 Å². The summed E-state index contributed by atoms with van der Waals surface area (Å²) in [5.41, 5.74) is 0.804. The van der Waals surface area contributed by atoms with Crippen LogP contribution in [0.1, 0.15) is 62.4 Å². The Balaban J connectivity index is 1.83. The van der Waals surface area contributed by atoms with Gasteiger partial charge in [-0.2, -0.15) is 13.2 Å². The van der Waals surface area contributed by atoms with Gasteiger partial charge in [-0.1, -0.05) is 56.3 Å². The Morgan fingerprint density at radius 3 is 2.13 bits per heavy atom. The molecule has 204 valence electrons. The zero-order valence-corrected chi connectivity index (χ0v) is 22.0. The molecule has 9 heteroatoms. The van der Waals surface area contributed by atoms with Crippen LogP contribution in [0, 0.1) is 11.8 Å². The topological polar surface area (TPSA) is 78.5 Å². The maximum Gasteiger partial charge on any atom is 0.416 e. The molecule has 0 bridgehead atoms. The maximum atomic E-state index is 14.2. The van der Waals surface area contributed by atoms with Crippen molar-refractivity contribution < 1.29 is 27.6 Å². The van der Waals surface area contributed by atoms with Crippen molar-refractivity contribution in [3.8, 4) is 0 Å². The first-order valence-corrected chi connectivity index (χ1v) is 13.0. The number of rotatable bonds is 7. The van der Waals surface area contributed by atoms with Crippen molar-refractivity contribution in [2.24, 2.45) is 11.8 Å². The third kappa shape index (κ3) is 5.56. The monoisotopic (exact) mass is 529 g/mol. The fraction of sp³-hybridized carbons (Fsp3) is 0.483. The highest BCUT2D eigenvalue weighted by atomic mass is 19.4. The van der Waals surface area contributed by atoms with Gasteiger partial charge in [0, 0.05) is 6.04 Å². The SMILES string of the molecule is CC(C)C[C@@H]1C(=O)N[C@H](C2Cc3ccccc3C2)C(=O)N1[C@@H](C(=O)NC(C)C)c1ccccc1C(F)(F)F. The van der Waals surface area contributed by atoms with E-state index in [0.717, 1.165) is 22.1 Å². The van der Waals surface area contributed by atoms with Crippen LogP contribution in [0.25, 0.3) is 0 Å². The van der Waals surface area contributed by atoms with Crippen LogP contribution in [-0.4, -0.2) is 40.7 Å². The van der Waals surface area contributed by atoms with Crippen LogP contribution in [-0.2, 0) is 33.4 Å². The largest absolute Gasteiger partial charge is 0.416 e. The molecule has 1 saturated heterocycles. The van der Waals surface area contributed by atoms with Crippen LogP contribution in [0.5, 0.6) is 0 Å². The van der Waals surface area contributed by atoms with Gasteiger partial charge in [0.15, 0.2) is 0 Å². The third-order valence-electron chi connectivity index (χ3n) is 7.22. The van der Waals surface area contributed by atoms with Crippen molar-refractivity contribution in [3.63, 3.8) is 0 Å². The number of hydrogen-bond donors (Lipinski definition) is 2. The quantitative estimate of drug-likeness (QED) is 0.557. The summed E-state index contributed by atoms with van der Waals surface area (Å²) in [6, 6.07) is 8.51. The van der Waals surface area contributed by atoms with Gasteiger partial charge >= 0.3 is 6.18 Å². The average molecular weight is 530 g/mol. The molecule has 1 fully saturated rings. The number of amides is 3. The molecule has 1 aliphatic carbocycles. The minimum atomic E-state index is -4.76. The van der Waals surface area contributed by atoms with Crippen LogP contribution in [0.15, 0.2) is 48.5 Å². The van der Waals surface area contributed by atoms with E-state index in [-0.39, 0.29) is 29.9 Å². The molecule has 0 spiro atoms. The smallest absolute Gasteiger partial charge is 0.352 e. The number of carbonyl (C=O) groups excluding carboxylic acids is 3. The van der Waals surface area contributed by atoms with Crippen LogP contribution >= 0.6 is 0 Å². The molecular formula is C29H34F3N3O3. The molecule has 3 amide bonds. The zero-order chi connectivity index (χ0) is 27.8. The molecule has 0 aromatic heterocycles. The number of piperazine rings is 1. The Labute approximate surface area is 221 Å². The van der Waals surface area contributed by atoms with Gasteiger partial charge in [-0.05, 0) is 67.7 Å². The predicted molar refractivity (Wildman–Crippen MR) is 137 cm³/mol. The summed E-state index contributed by atoms with van der Waals surface area (Å²) in [4.78, 5) is 42.5. The van der Waals surface area contributed by atoms with Gasteiger partial charge in [0.2, 0.25) is 17.7 Å². The molecule has 2 aliphatic rings. The van der Waals surface area contributed by atoms with E-state index in [9.17, 15) is 27.6 Å². The molecule has 1 heterocycles. The number of nitrogens with one attached hydrogen (secondary N) is 2. The molecule has 1 aliphatic heterocycles. The average Bonchev–Trinajstić information content (AvgIpc) is 3.26. The Kier molecular flexibility index (Phi) is 7.85. The third-order valence-corrected chi connectivity index (χ3v) is 7.22. The van der Waals surface area contributed by atoms with E-state index in [0.29, 0.717) is 12.8 Å². The van der Waals surface area contributed by atoms with Crippen molar-refractivity contribution in [3.05, 3.63) is 70.8 Å². The lowest BCUT2D eigenvalue weighted by atomic mass is 9.87. The predicted octanol–water partition coefficient (Wildman–Crippen LogP) is 4.43. The Morgan fingerprint density at radius 1 is 1.00 bits per heavy atom. The second kappa shape index (κ2) is 10.8. The molecule has 4 rings (SSSR count). The van der Waals surface area contributed by atoms with Gasteiger partial charge in [-0.3, -0.25) is 14.4 Å². The number of benzene rings is 2. The highest BCUT2D eigenvalue weighted by Crippen LogP contribution is 2.40. The van der Waals surface area contributed by atoms with Crippen molar-refractivity contribution in [2.75, 3.05) is 0 Å². The first-order valence-electron chi connectivity index (χ1n) is 13.0. The number of nitrogens with zero attached hydrogens (tertiary/aromatic N) is 1. The van der Waals surface area contributed by atoms with Gasteiger partial charge < -0.3 is 15.5 Å². The first kappa shape index (κ1) is 27.7. The van der Waals surface area contributed by atoms with Crippen molar-refractivity contribution in [2.45, 2.75) is 77.3 Å². The summed E-state index contributed by atoms with van der Waals surface area (Å²) in [6.07, 6.45) is -3.45. The number of fused-ring (bicyclic) bond motifs is 1. The van der Waals surface area contributed by atoms with Gasteiger partial charge in [-0.25, -0.2) is 0 Å². The van der Waals surface area contributed by atoms with Crippen LogP contribution in [0.3, 0.4) is 0 Å². The molecule has 2 N–H and O–H groups in total. The molecule has 6 nitrogen and oxygen atoms in total. The fourth-order valence-electron chi connectivity index (χ4n) is 5.65. The van der Waals surface area contributed by atoms with Crippen molar-refractivity contribution in [1.29, 1.82) is 0 Å². The second-order valence-corrected chi connectivity index (χ2v) is 11.0. The lowest BCUT2D eigenvalue weighted by Gasteiger charge is -2.45.